The molecule has 1 saturated heterocycles. The van der Waals surface area contributed by atoms with E-state index >= 15 is 0 Å². The predicted octanol–water partition coefficient (Wildman–Crippen LogP) is 3.77. The van der Waals surface area contributed by atoms with Crippen LogP contribution in [0.25, 0.3) is 0 Å². The first kappa shape index (κ1) is 14.5. The standard InChI is InChI=1S/C17H27NO/c1-4-9-18-17(11-15-8-10-19-12-15)16-7-5-6-13(2)14(16)3/h5-7,15,17-18H,4,8-12H2,1-3H3. The molecule has 0 bridgehead atoms. The van der Waals surface area contributed by atoms with E-state index in [0.29, 0.717) is 12.0 Å². The van der Waals surface area contributed by atoms with Crippen LogP contribution in [0.2, 0.25) is 0 Å². The minimum absolute atomic E-state index is 0.478. The van der Waals surface area contributed by atoms with Crippen molar-refractivity contribution in [1.82, 2.24) is 5.32 Å². The Kier molecular flexibility index (Phi) is 5.41. The summed E-state index contributed by atoms with van der Waals surface area (Å²) in [4.78, 5) is 0. The van der Waals surface area contributed by atoms with Gasteiger partial charge in [0.25, 0.3) is 0 Å². The second-order valence-corrected chi connectivity index (χ2v) is 5.76. The van der Waals surface area contributed by atoms with Crippen LogP contribution in [-0.4, -0.2) is 19.8 Å². The van der Waals surface area contributed by atoms with Crippen molar-refractivity contribution < 1.29 is 4.74 Å². The van der Waals surface area contributed by atoms with E-state index in [-0.39, 0.29) is 0 Å². The number of aryl methyl sites for hydroxylation is 1. The van der Waals surface area contributed by atoms with Crippen LogP contribution >= 0.6 is 0 Å². The Morgan fingerprint density at radius 2 is 2.21 bits per heavy atom. The van der Waals surface area contributed by atoms with Crippen molar-refractivity contribution in [1.29, 1.82) is 0 Å². The molecule has 0 amide bonds. The van der Waals surface area contributed by atoms with Crippen molar-refractivity contribution in [3.05, 3.63) is 34.9 Å². The van der Waals surface area contributed by atoms with Gasteiger partial charge in [-0.1, -0.05) is 25.1 Å². The quantitative estimate of drug-likeness (QED) is 0.841. The Morgan fingerprint density at radius 1 is 1.37 bits per heavy atom. The predicted molar refractivity (Wildman–Crippen MR) is 80.5 cm³/mol. The first-order valence-electron chi connectivity index (χ1n) is 7.59. The van der Waals surface area contributed by atoms with Gasteiger partial charge in [-0.25, -0.2) is 0 Å². The SMILES string of the molecule is CCCNC(CC1CCOC1)c1cccc(C)c1C. The van der Waals surface area contributed by atoms with Gasteiger partial charge in [-0.2, -0.15) is 0 Å². The Hall–Kier alpha value is -0.860. The van der Waals surface area contributed by atoms with E-state index in [2.05, 4.69) is 44.3 Å². The minimum Gasteiger partial charge on any atom is -0.381 e. The third kappa shape index (κ3) is 3.80. The summed E-state index contributed by atoms with van der Waals surface area (Å²) >= 11 is 0. The summed E-state index contributed by atoms with van der Waals surface area (Å²) < 4.78 is 5.52. The number of hydrogen-bond donors (Lipinski definition) is 1. The van der Waals surface area contributed by atoms with Gasteiger partial charge in [0, 0.05) is 19.3 Å². The number of hydrogen-bond acceptors (Lipinski definition) is 2. The maximum absolute atomic E-state index is 5.52. The third-order valence-electron chi connectivity index (χ3n) is 4.26. The Balaban J connectivity index is 2.13. The fourth-order valence-electron chi connectivity index (χ4n) is 2.89. The molecule has 1 N–H and O–H groups in total. The molecule has 0 aliphatic carbocycles. The van der Waals surface area contributed by atoms with Crippen LogP contribution in [0.5, 0.6) is 0 Å². The third-order valence-corrected chi connectivity index (χ3v) is 4.26. The highest BCUT2D eigenvalue weighted by Crippen LogP contribution is 2.29. The average Bonchev–Trinajstić information content (AvgIpc) is 2.91. The fraction of sp³-hybridized carbons (Fsp3) is 0.647. The van der Waals surface area contributed by atoms with Gasteiger partial charge in [-0.15, -0.1) is 0 Å². The number of benzene rings is 1. The molecule has 1 heterocycles. The molecule has 1 aliphatic heterocycles. The molecule has 2 heteroatoms. The van der Waals surface area contributed by atoms with Gasteiger partial charge in [-0.3, -0.25) is 0 Å². The molecule has 0 aromatic heterocycles. The molecule has 1 fully saturated rings. The lowest BCUT2D eigenvalue weighted by Crippen LogP contribution is -2.25. The van der Waals surface area contributed by atoms with Crippen LogP contribution < -0.4 is 5.32 Å². The summed E-state index contributed by atoms with van der Waals surface area (Å²) in [6, 6.07) is 7.15. The minimum atomic E-state index is 0.478. The molecule has 0 radical (unpaired) electrons. The number of ether oxygens (including phenoxy) is 1. The van der Waals surface area contributed by atoms with Gasteiger partial charge >= 0.3 is 0 Å². The summed E-state index contributed by atoms with van der Waals surface area (Å²) in [5.74, 6) is 0.717. The van der Waals surface area contributed by atoms with E-state index in [4.69, 9.17) is 4.74 Å². The van der Waals surface area contributed by atoms with Crippen LogP contribution in [-0.2, 0) is 4.74 Å². The Morgan fingerprint density at radius 3 is 2.89 bits per heavy atom. The van der Waals surface area contributed by atoms with Gasteiger partial charge in [0.1, 0.15) is 0 Å². The molecule has 1 aliphatic rings. The zero-order valence-electron chi connectivity index (χ0n) is 12.5. The van der Waals surface area contributed by atoms with Crippen molar-refractivity contribution in [2.24, 2.45) is 5.92 Å². The van der Waals surface area contributed by atoms with Crippen molar-refractivity contribution >= 4 is 0 Å². The highest BCUT2D eigenvalue weighted by Gasteiger charge is 2.22. The first-order valence-corrected chi connectivity index (χ1v) is 7.59. The molecule has 2 atom stereocenters. The second-order valence-electron chi connectivity index (χ2n) is 5.76. The van der Waals surface area contributed by atoms with Gasteiger partial charge in [0.2, 0.25) is 0 Å². The molecular formula is C17H27NO. The molecular weight excluding hydrogens is 234 g/mol. The smallest absolute Gasteiger partial charge is 0.0495 e. The molecule has 0 spiro atoms. The maximum Gasteiger partial charge on any atom is 0.0495 e. The van der Waals surface area contributed by atoms with Crippen LogP contribution in [0.1, 0.15) is 48.9 Å². The number of nitrogens with one attached hydrogen (secondary N) is 1. The summed E-state index contributed by atoms with van der Waals surface area (Å²) in [6.07, 6.45) is 3.60. The zero-order chi connectivity index (χ0) is 13.7. The highest BCUT2D eigenvalue weighted by atomic mass is 16.5. The topological polar surface area (TPSA) is 21.3 Å². The van der Waals surface area contributed by atoms with Crippen molar-refractivity contribution in [3.63, 3.8) is 0 Å². The molecule has 2 rings (SSSR count). The van der Waals surface area contributed by atoms with E-state index in [1.54, 1.807) is 0 Å². The summed E-state index contributed by atoms with van der Waals surface area (Å²) in [5.41, 5.74) is 4.30. The lowest BCUT2D eigenvalue weighted by molar-refractivity contribution is 0.181. The number of rotatable bonds is 6. The van der Waals surface area contributed by atoms with Gasteiger partial charge < -0.3 is 10.1 Å². The Labute approximate surface area is 117 Å². The monoisotopic (exact) mass is 261 g/mol. The lowest BCUT2D eigenvalue weighted by Gasteiger charge is -2.24. The zero-order valence-corrected chi connectivity index (χ0v) is 12.5. The van der Waals surface area contributed by atoms with Gasteiger partial charge in [-0.05, 0) is 62.3 Å². The second kappa shape index (κ2) is 7.06. The van der Waals surface area contributed by atoms with Crippen molar-refractivity contribution in [3.8, 4) is 0 Å². The van der Waals surface area contributed by atoms with Crippen LogP contribution in [0.4, 0.5) is 0 Å². The van der Waals surface area contributed by atoms with Crippen LogP contribution in [0.15, 0.2) is 18.2 Å². The van der Waals surface area contributed by atoms with E-state index in [0.717, 1.165) is 19.8 Å². The molecule has 2 nitrogen and oxygen atoms in total. The lowest BCUT2D eigenvalue weighted by atomic mass is 9.90. The van der Waals surface area contributed by atoms with Gasteiger partial charge in [0.15, 0.2) is 0 Å². The molecule has 2 unspecified atom stereocenters. The van der Waals surface area contributed by atoms with Crippen LogP contribution in [0.3, 0.4) is 0 Å². The van der Waals surface area contributed by atoms with Gasteiger partial charge in [0.05, 0.1) is 0 Å². The fourth-order valence-corrected chi connectivity index (χ4v) is 2.89. The first-order chi connectivity index (χ1) is 9.22. The highest BCUT2D eigenvalue weighted by molar-refractivity contribution is 5.35. The molecule has 106 valence electrons. The molecule has 19 heavy (non-hydrogen) atoms. The van der Waals surface area contributed by atoms with E-state index in [9.17, 15) is 0 Å². The van der Waals surface area contributed by atoms with E-state index < -0.39 is 0 Å². The van der Waals surface area contributed by atoms with Crippen LogP contribution in [0, 0.1) is 19.8 Å². The molecule has 0 saturated carbocycles. The van der Waals surface area contributed by atoms with Crippen molar-refractivity contribution in [2.45, 2.75) is 46.1 Å². The molecule has 1 aromatic rings. The normalized spacial score (nSPS) is 20.7. The summed E-state index contributed by atoms with van der Waals surface area (Å²) in [7, 11) is 0. The van der Waals surface area contributed by atoms with Crippen molar-refractivity contribution in [2.75, 3.05) is 19.8 Å². The molecule has 1 aromatic carbocycles. The van der Waals surface area contributed by atoms with E-state index in [1.807, 2.05) is 0 Å². The largest absolute Gasteiger partial charge is 0.381 e. The summed E-state index contributed by atoms with van der Waals surface area (Å²) in [5, 5.41) is 3.73. The average molecular weight is 261 g/mol. The Bertz CT molecular complexity index is 396. The summed E-state index contributed by atoms with van der Waals surface area (Å²) in [6.45, 7) is 9.65. The van der Waals surface area contributed by atoms with E-state index in [1.165, 1.54) is 36.0 Å². The maximum atomic E-state index is 5.52.